The van der Waals surface area contributed by atoms with Crippen LogP contribution in [0.4, 0.5) is 10.2 Å². The third kappa shape index (κ3) is 7.01. The quantitative estimate of drug-likeness (QED) is 0.216. The summed E-state index contributed by atoms with van der Waals surface area (Å²) in [5.41, 5.74) is 16.4. The van der Waals surface area contributed by atoms with Crippen molar-refractivity contribution in [3.63, 3.8) is 0 Å². The van der Waals surface area contributed by atoms with E-state index in [0.29, 0.717) is 23.7 Å². The molecule has 4 N–H and O–H groups in total. The Morgan fingerprint density at radius 3 is 2.42 bits per heavy atom. The summed E-state index contributed by atoms with van der Waals surface area (Å²) in [6.07, 6.45) is 8.64. The summed E-state index contributed by atoms with van der Waals surface area (Å²) < 4.78 is 20.0. The largest absolute Gasteiger partial charge is 0.460 e. The van der Waals surface area contributed by atoms with Gasteiger partial charge in [-0.25, -0.2) is 9.37 Å². The number of rotatable bonds is 6. The van der Waals surface area contributed by atoms with Crippen molar-refractivity contribution in [3.8, 4) is 22.3 Å². The molecule has 3 aromatic carbocycles. The Hall–Kier alpha value is -5.17. The second-order valence-electron chi connectivity index (χ2n) is 10.7. The van der Waals surface area contributed by atoms with E-state index in [4.69, 9.17) is 10.2 Å². The van der Waals surface area contributed by atoms with E-state index in [-0.39, 0.29) is 11.7 Å². The number of pyridine rings is 1. The lowest BCUT2D eigenvalue weighted by Gasteiger charge is -2.16. The second kappa shape index (κ2) is 13.2. The Balaban J connectivity index is 0.00000118. The van der Waals surface area contributed by atoms with Crippen LogP contribution < -0.4 is 11.5 Å². The summed E-state index contributed by atoms with van der Waals surface area (Å²) in [7, 11) is 0. The molecule has 1 aliphatic heterocycles. The lowest BCUT2D eigenvalue weighted by molar-refractivity contribution is 0.0788. The van der Waals surface area contributed by atoms with Crippen LogP contribution in [0.25, 0.3) is 39.3 Å². The van der Waals surface area contributed by atoms with Gasteiger partial charge in [-0.1, -0.05) is 49.9 Å². The summed E-state index contributed by atoms with van der Waals surface area (Å²) >= 11 is 0. The molecule has 2 aromatic heterocycles. The van der Waals surface area contributed by atoms with Gasteiger partial charge in [0.25, 0.3) is 5.91 Å². The second-order valence-corrected chi connectivity index (χ2v) is 10.7. The van der Waals surface area contributed by atoms with Gasteiger partial charge in [-0.15, -0.1) is 0 Å². The van der Waals surface area contributed by atoms with Gasteiger partial charge < -0.3 is 20.8 Å². The number of aromatic nitrogens is 1. The molecule has 0 spiro atoms. The summed E-state index contributed by atoms with van der Waals surface area (Å²) in [6.45, 7) is 6.95. The van der Waals surface area contributed by atoms with Crippen LogP contribution in [0.15, 0.2) is 108 Å². The molecular weight excluding hydrogens is 539 g/mol. The number of carbonyl (C=O) groups is 1. The van der Waals surface area contributed by atoms with E-state index in [1.807, 2.05) is 53.5 Å². The molecule has 6 nitrogen and oxygen atoms in total. The predicted octanol–water partition coefficient (Wildman–Crippen LogP) is 7.71. The number of likely N-dealkylation sites (tertiary alicyclic amines) is 1. The number of benzene rings is 3. The number of nitrogen functional groups attached to an aromatic ring is 1. The number of carbonyl (C=O) groups excluding carboxylic acids is 1. The highest BCUT2D eigenvalue weighted by Crippen LogP contribution is 2.36. The van der Waals surface area contributed by atoms with Crippen molar-refractivity contribution in [2.24, 2.45) is 11.7 Å². The third-order valence-corrected chi connectivity index (χ3v) is 7.44. The van der Waals surface area contributed by atoms with E-state index >= 15 is 0 Å². The Bertz CT molecular complexity index is 1740. The number of fused-ring (bicyclic) bond motifs is 1. The Labute approximate surface area is 251 Å². The monoisotopic (exact) mass is 574 g/mol. The minimum atomic E-state index is -0.286. The number of nitrogens with zero attached hydrogens (tertiary/aromatic N) is 2. The Kier molecular flexibility index (Phi) is 9.01. The fraction of sp³-hybridized carbons (Fsp3) is 0.167. The van der Waals surface area contributed by atoms with Gasteiger partial charge >= 0.3 is 0 Å². The minimum Gasteiger partial charge on any atom is -0.460 e. The van der Waals surface area contributed by atoms with Crippen LogP contribution in [0.5, 0.6) is 0 Å². The normalized spacial score (nSPS) is 14.6. The predicted molar refractivity (Wildman–Crippen MR) is 173 cm³/mol. The van der Waals surface area contributed by atoms with E-state index in [1.165, 1.54) is 18.3 Å². The lowest BCUT2D eigenvalue weighted by Crippen LogP contribution is -2.28. The zero-order valence-electron chi connectivity index (χ0n) is 24.2. The van der Waals surface area contributed by atoms with E-state index in [0.717, 1.165) is 64.1 Å². The highest BCUT2D eigenvalue weighted by atomic mass is 19.1. The summed E-state index contributed by atoms with van der Waals surface area (Å²) in [5.74, 6) is 1.65. The maximum absolute atomic E-state index is 13.7. The number of furan rings is 1. The summed E-state index contributed by atoms with van der Waals surface area (Å²) in [5, 5.41) is 0.959. The molecular formula is C36H35FN4O2. The van der Waals surface area contributed by atoms with Crippen molar-refractivity contribution in [3.05, 3.63) is 127 Å². The summed E-state index contributed by atoms with van der Waals surface area (Å²) in [6, 6.07) is 24.1. The molecule has 218 valence electrons. The Morgan fingerprint density at radius 2 is 1.77 bits per heavy atom. The van der Waals surface area contributed by atoms with Gasteiger partial charge in [0.2, 0.25) is 0 Å². The molecule has 5 aromatic rings. The first-order chi connectivity index (χ1) is 20.8. The van der Waals surface area contributed by atoms with Gasteiger partial charge in [-0.05, 0) is 95.4 Å². The first-order valence-electron chi connectivity index (χ1n) is 14.3. The van der Waals surface area contributed by atoms with Crippen LogP contribution in [-0.4, -0.2) is 28.9 Å². The molecule has 0 bridgehead atoms. The van der Waals surface area contributed by atoms with Crippen LogP contribution in [0.2, 0.25) is 0 Å². The first-order valence-corrected chi connectivity index (χ1v) is 14.3. The summed E-state index contributed by atoms with van der Waals surface area (Å²) in [4.78, 5) is 19.0. The maximum atomic E-state index is 13.7. The van der Waals surface area contributed by atoms with Gasteiger partial charge in [0.05, 0.1) is 0 Å². The van der Waals surface area contributed by atoms with Gasteiger partial charge in [-0.3, -0.25) is 4.79 Å². The van der Waals surface area contributed by atoms with Crippen LogP contribution in [0.3, 0.4) is 0 Å². The number of halogens is 1. The van der Waals surface area contributed by atoms with E-state index < -0.39 is 0 Å². The molecule has 1 unspecified atom stereocenters. The van der Waals surface area contributed by atoms with Crippen LogP contribution >= 0.6 is 0 Å². The topological polar surface area (TPSA) is 98.4 Å². The zero-order valence-corrected chi connectivity index (χ0v) is 24.2. The van der Waals surface area contributed by atoms with Crippen molar-refractivity contribution in [2.45, 2.75) is 19.8 Å². The molecule has 6 rings (SSSR count). The molecule has 1 aliphatic rings. The lowest BCUT2D eigenvalue weighted by atomic mass is 9.96. The number of allylic oxidation sites excluding steroid dienone is 1. The SMILES string of the molecule is C=CN.CC1CCN(C(=O)c2ccc(-c3cc(-c4ccc(F)cc4)c4oc(C/C=C/c5ccc(N)nc5)cc4c3)cc2)C1. The average Bonchev–Trinajstić information content (AvgIpc) is 3.64. The molecule has 1 amide bonds. The zero-order chi connectivity index (χ0) is 30.3. The van der Waals surface area contributed by atoms with Crippen molar-refractivity contribution < 1.29 is 13.6 Å². The molecule has 0 saturated carbocycles. The highest BCUT2D eigenvalue weighted by molar-refractivity contribution is 5.98. The van der Waals surface area contributed by atoms with E-state index in [2.05, 4.69) is 36.4 Å². The molecule has 1 fully saturated rings. The van der Waals surface area contributed by atoms with Gasteiger partial charge in [-0.2, -0.15) is 0 Å². The maximum Gasteiger partial charge on any atom is 0.253 e. The van der Waals surface area contributed by atoms with Crippen LogP contribution in [0.1, 0.15) is 35.0 Å². The highest BCUT2D eigenvalue weighted by Gasteiger charge is 2.24. The fourth-order valence-electron chi connectivity index (χ4n) is 5.25. The van der Waals surface area contributed by atoms with Gasteiger partial charge in [0, 0.05) is 42.2 Å². The van der Waals surface area contributed by atoms with Crippen molar-refractivity contribution in [1.29, 1.82) is 0 Å². The fourth-order valence-corrected chi connectivity index (χ4v) is 5.25. The number of anilines is 1. The number of hydrogen-bond donors (Lipinski definition) is 2. The van der Waals surface area contributed by atoms with Crippen molar-refractivity contribution in [1.82, 2.24) is 9.88 Å². The standard InChI is InChI=1S/C34H30FN3O2.C2H5N/c1-22-15-16-38(21-22)34(39)26-8-6-24(7-9-26)27-17-28-18-30(4-2-3-23-5-14-32(36)37-20-23)40-33(28)31(19-27)25-10-12-29(35)13-11-25;1-2-3/h2-3,5-14,17-20,22H,4,15-16,21H2,1H3,(H2,36,37);2H,1,3H2/b3-2+;. The average molecular weight is 575 g/mol. The number of hydrogen-bond acceptors (Lipinski definition) is 5. The van der Waals surface area contributed by atoms with Crippen LogP contribution in [-0.2, 0) is 6.42 Å². The van der Waals surface area contributed by atoms with Crippen LogP contribution in [0, 0.1) is 11.7 Å². The van der Waals surface area contributed by atoms with Crippen molar-refractivity contribution in [2.75, 3.05) is 18.8 Å². The molecule has 0 radical (unpaired) electrons. The van der Waals surface area contributed by atoms with Gasteiger partial charge in [0.15, 0.2) is 0 Å². The Morgan fingerprint density at radius 1 is 1.05 bits per heavy atom. The van der Waals surface area contributed by atoms with E-state index in [9.17, 15) is 9.18 Å². The number of nitrogens with two attached hydrogens (primary N) is 2. The molecule has 1 atom stereocenters. The molecule has 1 saturated heterocycles. The number of amides is 1. The smallest absolute Gasteiger partial charge is 0.253 e. The molecule has 7 heteroatoms. The molecule has 0 aliphatic carbocycles. The van der Waals surface area contributed by atoms with E-state index in [1.54, 1.807) is 24.4 Å². The third-order valence-electron chi connectivity index (χ3n) is 7.44. The van der Waals surface area contributed by atoms with Gasteiger partial charge in [0.1, 0.15) is 23.0 Å². The minimum absolute atomic E-state index is 0.0839. The molecule has 3 heterocycles. The first kappa shape index (κ1) is 29.3. The molecule has 43 heavy (non-hydrogen) atoms. The van der Waals surface area contributed by atoms with Crippen molar-refractivity contribution >= 4 is 28.8 Å².